The highest BCUT2D eigenvalue weighted by Crippen LogP contribution is 2.29. The van der Waals surface area contributed by atoms with Gasteiger partial charge in [0, 0.05) is 12.1 Å². The molecule has 1 aromatic carbocycles. The third-order valence-corrected chi connectivity index (χ3v) is 3.88. The number of ether oxygens (including phenoxy) is 2. The van der Waals surface area contributed by atoms with Crippen LogP contribution in [0.15, 0.2) is 23.1 Å². The van der Waals surface area contributed by atoms with Crippen molar-refractivity contribution >= 4 is 10.0 Å². The first-order valence-electron chi connectivity index (χ1n) is 5.29. The Kier molecular flexibility index (Phi) is 4.94. The van der Waals surface area contributed by atoms with Crippen LogP contribution in [0.2, 0.25) is 0 Å². The molecule has 2 N–H and O–H groups in total. The van der Waals surface area contributed by atoms with Crippen LogP contribution in [0.3, 0.4) is 0 Å². The maximum atomic E-state index is 12.0. The number of rotatable bonds is 6. The molecule has 1 rings (SSSR count). The highest BCUT2D eigenvalue weighted by molar-refractivity contribution is 7.89. The molecule has 7 heteroatoms. The van der Waals surface area contributed by atoms with Crippen LogP contribution in [0.5, 0.6) is 11.5 Å². The van der Waals surface area contributed by atoms with Crippen molar-refractivity contribution in [1.29, 1.82) is 0 Å². The molecule has 102 valence electrons. The zero-order valence-electron chi connectivity index (χ0n) is 10.5. The SMILES string of the molecule is COc1ccc(S(=O)(=O)NC(C)CO)cc1OC. The van der Waals surface area contributed by atoms with Gasteiger partial charge in [-0.25, -0.2) is 13.1 Å². The van der Waals surface area contributed by atoms with E-state index in [0.29, 0.717) is 11.5 Å². The predicted molar refractivity (Wildman–Crippen MR) is 66.4 cm³/mol. The highest BCUT2D eigenvalue weighted by atomic mass is 32.2. The predicted octanol–water partition coefficient (Wildman–Crippen LogP) is 0.363. The molecule has 0 bridgehead atoms. The summed E-state index contributed by atoms with van der Waals surface area (Å²) in [6, 6.07) is 3.74. The lowest BCUT2D eigenvalue weighted by atomic mass is 10.3. The van der Waals surface area contributed by atoms with Crippen molar-refractivity contribution in [3.05, 3.63) is 18.2 Å². The fourth-order valence-corrected chi connectivity index (χ4v) is 2.60. The van der Waals surface area contributed by atoms with Crippen molar-refractivity contribution in [3.63, 3.8) is 0 Å². The molecule has 0 aliphatic carbocycles. The van der Waals surface area contributed by atoms with Crippen molar-refractivity contribution < 1.29 is 23.0 Å². The quantitative estimate of drug-likeness (QED) is 0.783. The third kappa shape index (κ3) is 3.34. The van der Waals surface area contributed by atoms with Gasteiger partial charge in [0.25, 0.3) is 0 Å². The molecule has 0 saturated heterocycles. The van der Waals surface area contributed by atoms with Gasteiger partial charge in [0.2, 0.25) is 10.0 Å². The van der Waals surface area contributed by atoms with E-state index >= 15 is 0 Å². The lowest BCUT2D eigenvalue weighted by molar-refractivity contribution is 0.265. The molecule has 0 radical (unpaired) electrons. The first kappa shape index (κ1) is 14.7. The van der Waals surface area contributed by atoms with Gasteiger partial charge in [-0.15, -0.1) is 0 Å². The molecule has 6 nitrogen and oxygen atoms in total. The van der Waals surface area contributed by atoms with E-state index in [-0.39, 0.29) is 11.5 Å². The molecule has 18 heavy (non-hydrogen) atoms. The van der Waals surface area contributed by atoms with Gasteiger partial charge in [0.15, 0.2) is 11.5 Å². The molecule has 0 saturated carbocycles. The average molecular weight is 275 g/mol. The minimum absolute atomic E-state index is 0.0560. The van der Waals surface area contributed by atoms with E-state index in [1.165, 1.54) is 32.4 Å². The van der Waals surface area contributed by atoms with E-state index < -0.39 is 16.1 Å². The van der Waals surface area contributed by atoms with Crippen LogP contribution in [0.1, 0.15) is 6.92 Å². The number of hydrogen-bond acceptors (Lipinski definition) is 5. The minimum Gasteiger partial charge on any atom is -0.493 e. The maximum absolute atomic E-state index is 12.0. The zero-order valence-corrected chi connectivity index (χ0v) is 11.3. The van der Waals surface area contributed by atoms with Crippen molar-refractivity contribution in [2.45, 2.75) is 17.9 Å². The van der Waals surface area contributed by atoms with Crippen molar-refractivity contribution in [2.75, 3.05) is 20.8 Å². The molecule has 0 aliphatic rings. The van der Waals surface area contributed by atoms with E-state index in [1.54, 1.807) is 6.92 Å². The molecule has 0 fully saturated rings. The van der Waals surface area contributed by atoms with Crippen LogP contribution in [-0.4, -0.2) is 40.4 Å². The van der Waals surface area contributed by atoms with Gasteiger partial charge in [-0.1, -0.05) is 0 Å². The molecule has 0 spiro atoms. The minimum atomic E-state index is -3.67. The van der Waals surface area contributed by atoms with Crippen molar-refractivity contribution in [2.24, 2.45) is 0 Å². The molecule has 0 amide bonds. The van der Waals surface area contributed by atoms with Gasteiger partial charge in [-0.2, -0.15) is 0 Å². The number of nitrogens with one attached hydrogen (secondary N) is 1. The number of aliphatic hydroxyl groups is 1. The van der Waals surface area contributed by atoms with E-state index in [9.17, 15) is 8.42 Å². The summed E-state index contributed by atoms with van der Waals surface area (Å²) in [6.07, 6.45) is 0. The van der Waals surface area contributed by atoms with E-state index in [0.717, 1.165) is 0 Å². The maximum Gasteiger partial charge on any atom is 0.241 e. The number of sulfonamides is 1. The molecule has 0 aromatic heterocycles. The van der Waals surface area contributed by atoms with Crippen LogP contribution in [-0.2, 0) is 10.0 Å². The van der Waals surface area contributed by atoms with Crippen molar-refractivity contribution in [1.82, 2.24) is 4.72 Å². The molecular formula is C11H17NO5S. The molecule has 1 atom stereocenters. The summed E-state index contributed by atoms with van der Waals surface area (Å²) >= 11 is 0. The number of benzene rings is 1. The fraction of sp³-hybridized carbons (Fsp3) is 0.455. The monoisotopic (exact) mass is 275 g/mol. The Morgan fingerprint density at radius 2 is 1.89 bits per heavy atom. The Balaban J connectivity index is 3.10. The van der Waals surface area contributed by atoms with Gasteiger partial charge in [-0.3, -0.25) is 0 Å². The Bertz CT molecular complexity index is 500. The smallest absolute Gasteiger partial charge is 0.241 e. The second-order valence-corrected chi connectivity index (χ2v) is 5.44. The first-order chi connectivity index (χ1) is 8.44. The third-order valence-electron chi connectivity index (χ3n) is 2.30. The Labute approximate surface area is 107 Å². The van der Waals surface area contributed by atoms with Gasteiger partial charge >= 0.3 is 0 Å². The molecule has 1 aromatic rings. The van der Waals surface area contributed by atoms with Crippen LogP contribution >= 0.6 is 0 Å². The summed E-state index contributed by atoms with van der Waals surface area (Å²) in [5.74, 6) is 0.781. The highest BCUT2D eigenvalue weighted by Gasteiger charge is 2.19. The lowest BCUT2D eigenvalue weighted by Gasteiger charge is -2.13. The zero-order chi connectivity index (χ0) is 13.8. The van der Waals surface area contributed by atoms with Crippen LogP contribution in [0.25, 0.3) is 0 Å². The average Bonchev–Trinajstić information content (AvgIpc) is 2.37. The van der Waals surface area contributed by atoms with E-state index in [2.05, 4.69) is 4.72 Å². The van der Waals surface area contributed by atoms with Gasteiger partial charge < -0.3 is 14.6 Å². The first-order valence-corrected chi connectivity index (χ1v) is 6.78. The summed E-state index contributed by atoms with van der Waals surface area (Å²) in [5, 5.41) is 8.86. The van der Waals surface area contributed by atoms with Crippen LogP contribution in [0.4, 0.5) is 0 Å². The summed E-state index contributed by atoms with van der Waals surface area (Å²) in [6.45, 7) is 1.30. The number of hydrogen-bond donors (Lipinski definition) is 2. The van der Waals surface area contributed by atoms with Gasteiger partial charge in [-0.05, 0) is 19.1 Å². The van der Waals surface area contributed by atoms with Crippen molar-refractivity contribution in [3.8, 4) is 11.5 Å². The molecule has 0 aliphatic heterocycles. The summed E-state index contributed by atoms with van der Waals surface area (Å²) < 4.78 is 36.3. The Morgan fingerprint density at radius 1 is 1.28 bits per heavy atom. The molecule has 0 heterocycles. The normalized spacial score (nSPS) is 13.1. The topological polar surface area (TPSA) is 84.9 Å². The van der Waals surface area contributed by atoms with Crippen LogP contribution in [0, 0.1) is 0 Å². The van der Waals surface area contributed by atoms with E-state index in [1.807, 2.05) is 0 Å². The molecular weight excluding hydrogens is 258 g/mol. The van der Waals surface area contributed by atoms with Gasteiger partial charge in [0.05, 0.1) is 25.7 Å². The second kappa shape index (κ2) is 6.03. The largest absolute Gasteiger partial charge is 0.493 e. The van der Waals surface area contributed by atoms with Crippen LogP contribution < -0.4 is 14.2 Å². The lowest BCUT2D eigenvalue weighted by Crippen LogP contribution is -2.34. The molecule has 1 unspecified atom stereocenters. The summed E-state index contributed by atoms with van der Waals surface area (Å²) in [7, 11) is -0.776. The Hall–Kier alpha value is -1.31. The Morgan fingerprint density at radius 3 is 2.39 bits per heavy atom. The number of methoxy groups -OCH3 is 2. The standard InChI is InChI=1S/C11H17NO5S/c1-8(7-13)12-18(14,15)9-4-5-10(16-2)11(6-9)17-3/h4-6,8,12-13H,7H2,1-3H3. The summed E-state index contributed by atoms with van der Waals surface area (Å²) in [5.41, 5.74) is 0. The number of aliphatic hydroxyl groups excluding tert-OH is 1. The fourth-order valence-electron chi connectivity index (χ4n) is 1.35. The van der Waals surface area contributed by atoms with Gasteiger partial charge in [0.1, 0.15) is 0 Å². The van der Waals surface area contributed by atoms with E-state index in [4.69, 9.17) is 14.6 Å². The second-order valence-electron chi connectivity index (χ2n) is 3.72. The summed E-state index contributed by atoms with van der Waals surface area (Å²) in [4.78, 5) is 0.0560.